The Balaban J connectivity index is 1.35. The van der Waals surface area contributed by atoms with Crippen LogP contribution >= 0.6 is 0 Å². The molecule has 0 bridgehead atoms. The lowest BCUT2D eigenvalue weighted by molar-refractivity contribution is -0.136. The summed E-state index contributed by atoms with van der Waals surface area (Å²) in [5, 5.41) is 17.0. The van der Waals surface area contributed by atoms with Crippen LogP contribution in [-0.2, 0) is 11.2 Å². The van der Waals surface area contributed by atoms with Crippen LogP contribution in [-0.4, -0.2) is 25.8 Å². The van der Waals surface area contributed by atoms with Gasteiger partial charge in [0.25, 0.3) is 0 Å². The lowest BCUT2D eigenvalue weighted by atomic mass is 10.1. The van der Waals surface area contributed by atoms with E-state index in [-0.39, 0.29) is 6.42 Å². The van der Waals surface area contributed by atoms with Crippen molar-refractivity contribution in [2.75, 3.05) is 5.32 Å². The van der Waals surface area contributed by atoms with Crippen molar-refractivity contribution in [3.05, 3.63) is 84.7 Å². The molecule has 2 N–H and O–H groups in total. The number of aromatic nitrogens is 3. The van der Waals surface area contributed by atoms with E-state index < -0.39 is 5.97 Å². The predicted octanol–water partition coefficient (Wildman–Crippen LogP) is 5.83. The molecule has 5 rings (SSSR count). The molecule has 0 spiro atoms. The van der Waals surface area contributed by atoms with Gasteiger partial charge in [0.2, 0.25) is 0 Å². The van der Waals surface area contributed by atoms with Crippen LogP contribution in [0.5, 0.6) is 11.5 Å². The average Bonchev–Trinajstić information content (AvgIpc) is 3.59. The van der Waals surface area contributed by atoms with Gasteiger partial charge in [0.05, 0.1) is 12.2 Å². The summed E-state index contributed by atoms with van der Waals surface area (Å²) in [4.78, 5) is 15.2. The lowest BCUT2D eigenvalue weighted by Gasteiger charge is -2.10. The summed E-state index contributed by atoms with van der Waals surface area (Å²) in [6.07, 6.45) is 6.53. The second-order valence-electron chi connectivity index (χ2n) is 8.12. The van der Waals surface area contributed by atoms with E-state index in [1.54, 1.807) is 6.20 Å². The molecule has 0 aliphatic heterocycles. The van der Waals surface area contributed by atoms with Crippen molar-refractivity contribution in [3.63, 3.8) is 0 Å². The Hall–Kier alpha value is -4.13. The first-order chi connectivity index (χ1) is 16.1. The maximum Gasteiger partial charge on any atom is 0.303 e. The molecule has 0 unspecified atom stereocenters. The van der Waals surface area contributed by atoms with Crippen LogP contribution in [0.2, 0.25) is 0 Å². The molecule has 2 heterocycles. The monoisotopic (exact) mass is 440 g/mol. The minimum atomic E-state index is -0.806. The third-order valence-electron chi connectivity index (χ3n) is 5.45. The summed E-state index contributed by atoms with van der Waals surface area (Å²) in [6.45, 7) is 0. The Morgan fingerprint density at radius 2 is 1.94 bits per heavy atom. The highest BCUT2D eigenvalue weighted by atomic mass is 16.5. The molecular formula is C26H24N4O3. The second kappa shape index (κ2) is 9.16. The van der Waals surface area contributed by atoms with Crippen LogP contribution in [0.1, 0.15) is 30.9 Å². The molecule has 2 aromatic heterocycles. The highest BCUT2D eigenvalue weighted by Gasteiger charge is 2.27. The summed E-state index contributed by atoms with van der Waals surface area (Å²) < 4.78 is 8.26. The number of carbonyl (C=O) groups is 1. The Kier molecular flexibility index (Phi) is 5.76. The molecule has 4 aromatic rings. The normalized spacial score (nSPS) is 13.0. The number of rotatable bonds is 9. The summed E-state index contributed by atoms with van der Waals surface area (Å²) in [6, 6.07) is 21.8. The fourth-order valence-corrected chi connectivity index (χ4v) is 3.65. The Labute approximate surface area is 191 Å². The number of ether oxygens (including phenoxy) is 1. The number of hydrogen-bond acceptors (Lipinski definition) is 5. The van der Waals surface area contributed by atoms with Gasteiger partial charge in [0, 0.05) is 29.9 Å². The zero-order valence-corrected chi connectivity index (χ0v) is 18.0. The average molecular weight is 441 g/mol. The van der Waals surface area contributed by atoms with Crippen LogP contribution < -0.4 is 10.1 Å². The third kappa shape index (κ3) is 5.20. The van der Waals surface area contributed by atoms with Gasteiger partial charge in [0.1, 0.15) is 17.3 Å². The molecule has 2 aromatic carbocycles. The van der Waals surface area contributed by atoms with E-state index in [1.165, 1.54) is 0 Å². The first-order valence-electron chi connectivity index (χ1n) is 11.0. The molecule has 33 heavy (non-hydrogen) atoms. The molecule has 1 fully saturated rings. The number of anilines is 2. The second-order valence-corrected chi connectivity index (χ2v) is 8.12. The van der Waals surface area contributed by atoms with Crippen LogP contribution in [0, 0.1) is 0 Å². The van der Waals surface area contributed by atoms with Crippen LogP contribution in [0.25, 0.3) is 11.3 Å². The minimum Gasteiger partial charge on any atom is -0.481 e. The fourth-order valence-electron chi connectivity index (χ4n) is 3.65. The number of aryl methyl sites for hydroxylation is 1. The van der Waals surface area contributed by atoms with Crippen molar-refractivity contribution in [2.24, 2.45) is 0 Å². The van der Waals surface area contributed by atoms with E-state index in [9.17, 15) is 4.79 Å². The molecule has 0 radical (unpaired) electrons. The van der Waals surface area contributed by atoms with Crippen molar-refractivity contribution in [3.8, 4) is 22.8 Å². The standard InChI is InChI=1S/C26H24N4O3/c31-25(32)12-9-18-5-4-8-20(15-18)28-24-16-22(13-14-27-24)33-23-17-30(21-10-11-21)29-26(23)19-6-2-1-3-7-19/h1-8,13-17,21H,9-12H2,(H,27,28)(H,31,32). The maximum absolute atomic E-state index is 10.8. The Morgan fingerprint density at radius 3 is 2.73 bits per heavy atom. The van der Waals surface area contributed by atoms with Crippen molar-refractivity contribution >= 4 is 17.5 Å². The highest BCUT2D eigenvalue weighted by molar-refractivity contribution is 5.68. The maximum atomic E-state index is 10.8. The third-order valence-corrected chi connectivity index (χ3v) is 5.45. The molecule has 0 amide bonds. The van der Waals surface area contributed by atoms with E-state index >= 15 is 0 Å². The number of pyridine rings is 1. The summed E-state index contributed by atoms with van der Waals surface area (Å²) in [5.41, 5.74) is 3.63. The molecule has 7 nitrogen and oxygen atoms in total. The largest absolute Gasteiger partial charge is 0.481 e. The van der Waals surface area contributed by atoms with E-state index in [0.717, 1.165) is 35.3 Å². The number of carboxylic acid groups (broad SMARTS) is 1. The number of hydrogen-bond donors (Lipinski definition) is 2. The highest BCUT2D eigenvalue weighted by Crippen LogP contribution is 2.39. The number of carboxylic acids is 1. The quantitative estimate of drug-likeness (QED) is 0.340. The van der Waals surface area contributed by atoms with E-state index in [4.69, 9.17) is 14.9 Å². The molecule has 1 aliphatic rings. The Morgan fingerprint density at radius 1 is 1.09 bits per heavy atom. The molecule has 0 saturated heterocycles. The Bertz CT molecular complexity index is 1270. The molecule has 1 saturated carbocycles. The first-order valence-corrected chi connectivity index (χ1v) is 11.0. The molecular weight excluding hydrogens is 416 g/mol. The zero-order valence-electron chi connectivity index (χ0n) is 18.0. The fraction of sp³-hybridized carbons (Fsp3) is 0.192. The van der Waals surface area contributed by atoms with E-state index in [2.05, 4.69) is 10.3 Å². The van der Waals surface area contributed by atoms with Gasteiger partial charge in [-0.05, 0) is 43.0 Å². The van der Waals surface area contributed by atoms with Crippen LogP contribution in [0.15, 0.2) is 79.1 Å². The van der Waals surface area contributed by atoms with Gasteiger partial charge in [-0.2, -0.15) is 5.10 Å². The molecule has 166 valence electrons. The van der Waals surface area contributed by atoms with Crippen LogP contribution in [0.3, 0.4) is 0 Å². The van der Waals surface area contributed by atoms with Gasteiger partial charge in [-0.3, -0.25) is 9.48 Å². The minimum absolute atomic E-state index is 0.101. The zero-order chi connectivity index (χ0) is 22.6. The van der Waals surface area contributed by atoms with Crippen molar-refractivity contribution in [1.29, 1.82) is 0 Å². The topological polar surface area (TPSA) is 89.3 Å². The van der Waals surface area contributed by atoms with E-state index in [1.807, 2.05) is 77.6 Å². The molecule has 1 aliphatic carbocycles. The van der Waals surface area contributed by atoms with Crippen molar-refractivity contribution in [1.82, 2.24) is 14.8 Å². The van der Waals surface area contributed by atoms with Gasteiger partial charge < -0.3 is 15.2 Å². The van der Waals surface area contributed by atoms with Gasteiger partial charge >= 0.3 is 5.97 Å². The number of nitrogens with one attached hydrogen (secondary N) is 1. The summed E-state index contributed by atoms with van der Waals surface area (Å²) in [5.74, 6) is 1.20. The smallest absolute Gasteiger partial charge is 0.303 e. The van der Waals surface area contributed by atoms with Crippen molar-refractivity contribution in [2.45, 2.75) is 31.7 Å². The summed E-state index contributed by atoms with van der Waals surface area (Å²) >= 11 is 0. The number of aliphatic carboxylic acids is 1. The predicted molar refractivity (Wildman–Crippen MR) is 126 cm³/mol. The van der Waals surface area contributed by atoms with E-state index in [0.29, 0.717) is 29.8 Å². The SMILES string of the molecule is O=C(O)CCc1cccc(Nc2cc(Oc3cn(C4CC4)nc3-c3ccccc3)ccn2)c1. The number of benzene rings is 2. The number of nitrogens with zero attached hydrogens (tertiary/aromatic N) is 3. The van der Waals surface area contributed by atoms with Gasteiger partial charge in [0.15, 0.2) is 5.75 Å². The van der Waals surface area contributed by atoms with Gasteiger partial charge in [-0.15, -0.1) is 0 Å². The molecule has 0 atom stereocenters. The summed E-state index contributed by atoms with van der Waals surface area (Å²) in [7, 11) is 0. The lowest BCUT2D eigenvalue weighted by Crippen LogP contribution is -1.99. The van der Waals surface area contributed by atoms with Crippen LogP contribution in [0.4, 0.5) is 11.5 Å². The van der Waals surface area contributed by atoms with Crippen molar-refractivity contribution < 1.29 is 14.6 Å². The van der Waals surface area contributed by atoms with Gasteiger partial charge in [-0.25, -0.2) is 4.98 Å². The first kappa shape index (κ1) is 20.8. The van der Waals surface area contributed by atoms with Gasteiger partial charge in [-0.1, -0.05) is 42.5 Å². The molecule has 7 heteroatoms.